The number of rotatable bonds is 2. The first-order valence-electron chi connectivity index (χ1n) is 5.45. The van der Waals surface area contributed by atoms with Crippen LogP contribution in [0.1, 0.15) is 0 Å². The minimum atomic E-state index is -3.06. The normalized spacial score (nSPS) is 23.6. The molecule has 1 fully saturated rings. The number of benzene rings is 1. The Kier molecular flexibility index (Phi) is 3.35. The summed E-state index contributed by atoms with van der Waals surface area (Å²) >= 11 is 0. The summed E-state index contributed by atoms with van der Waals surface area (Å²) in [5.41, 5.74) is 6.31. The summed E-state index contributed by atoms with van der Waals surface area (Å²) in [6, 6.07) is 6.05. The van der Waals surface area contributed by atoms with Crippen molar-refractivity contribution in [2.45, 2.75) is 5.25 Å². The number of hydrogen-bond acceptors (Lipinski definition) is 4. The fourth-order valence-corrected chi connectivity index (χ4v) is 3.47. The maximum Gasteiger partial charge on any atom is 0.157 e. The van der Waals surface area contributed by atoms with Crippen LogP contribution in [0.25, 0.3) is 0 Å². The van der Waals surface area contributed by atoms with Crippen molar-refractivity contribution in [1.82, 2.24) is 0 Å². The van der Waals surface area contributed by atoms with Crippen molar-refractivity contribution in [3.05, 3.63) is 30.1 Å². The zero-order valence-electron chi connectivity index (χ0n) is 9.34. The van der Waals surface area contributed by atoms with E-state index in [9.17, 15) is 12.8 Å². The molecule has 0 radical (unpaired) electrons. The minimum absolute atomic E-state index is 0.103. The van der Waals surface area contributed by atoms with E-state index in [4.69, 9.17) is 5.73 Å². The Morgan fingerprint density at radius 3 is 2.59 bits per heavy atom. The van der Waals surface area contributed by atoms with Crippen LogP contribution in [0.5, 0.6) is 0 Å². The zero-order chi connectivity index (χ0) is 12.5. The van der Waals surface area contributed by atoms with Crippen LogP contribution >= 0.6 is 0 Å². The van der Waals surface area contributed by atoms with Crippen molar-refractivity contribution in [1.29, 1.82) is 0 Å². The van der Waals surface area contributed by atoms with Gasteiger partial charge in [0.15, 0.2) is 9.84 Å². The largest absolute Gasteiger partial charge is 0.369 e. The van der Waals surface area contributed by atoms with Crippen molar-refractivity contribution in [2.24, 2.45) is 5.73 Å². The standard InChI is InChI=1S/C11H15FN2O2S/c12-9-1-3-10(4-2-9)14-5-6-17(15,16)11(7-13)8-14/h1-4,11H,5-8,13H2. The van der Waals surface area contributed by atoms with Gasteiger partial charge >= 0.3 is 0 Å². The quantitative estimate of drug-likeness (QED) is 0.833. The maximum absolute atomic E-state index is 12.8. The Bertz CT molecular complexity index is 487. The molecule has 4 nitrogen and oxygen atoms in total. The Morgan fingerprint density at radius 1 is 1.35 bits per heavy atom. The van der Waals surface area contributed by atoms with Gasteiger partial charge in [-0.25, -0.2) is 12.8 Å². The van der Waals surface area contributed by atoms with Gasteiger partial charge in [0, 0.05) is 25.3 Å². The van der Waals surface area contributed by atoms with Gasteiger partial charge in [-0.3, -0.25) is 0 Å². The number of nitrogens with two attached hydrogens (primary N) is 1. The second kappa shape index (κ2) is 4.62. The van der Waals surface area contributed by atoms with Gasteiger partial charge in [-0.2, -0.15) is 0 Å². The third-order valence-corrected chi connectivity index (χ3v) is 5.14. The molecule has 0 aromatic heterocycles. The molecule has 0 saturated carbocycles. The molecule has 0 spiro atoms. The van der Waals surface area contributed by atoms with Gasteiger partial charge < -0.3 is 10.6 Å². The predicted octanol–water partition coefficient (Wildman–Crippen LogP) is 0.388. The summed E-state index contributed by atoms with van der Waals surface area (Å²) in [6.45, 7) is 0.939. The number of anilines is 1. The van der Waals surface area contributed by atoms with Gasteiger partial charge in [0.25, 0.3) is 0 Å². The Morgan fingerprint density at radius 2 is 2.00 bits per heavy atom. The average molecular weight is 258 g/mol. The molecular formula is C11H15FN2O2S. The summed E-state index contributed by atoms with van der Waals surface area (Å²) in [5, 5.41) is -0.527. The number of halogens is 1. The fraction of sp³-hybridized carbons (Fsp3) is 0.455. The Labute approximate surface area is 100 Å². The highest BCUT2D eigenvalue weighted by atomic mass is 32.2. The topological polar surface area (TPSA) is 63.4 Å². The maximum atomic E-state index is 12.8. The smallest absolute Gasteiger partial charge is 0.157 e. The first-order chi connectivity index (χ1) is 8.03. The van der Waals surface area contributed by atoms with Crippen molar-refractivity contribution in [2.75, 3.05) is 30.3 Å². The molecule has 0 aliphatic carbocycles. The molecule has 94 valence electrons. The highest BCUT2D eigenvalue weighted by Crippen LogP contribution is 2.20. The summed E-state index contributed by atoms with van der Waals surface area (Å²) in [5.74, 6) is -0.194. The molecule has 1 aliphatic heterocycles. The lowest BCUT2D eigenvalue weighted by Gasteiger charge is -2.33. The van der Waals surface area contributed by atoms with Gasteiger partial charge in [0.1, 0.15) is 5.82 Å². The highest BCUT2D eigenvalue weighted by Gasteiger charge is 2.31. The predicted molar refractivity (Wildman–Crippen MR) is 65.2 cm³/mol. The molecule has 0 bridgehead atoms. The van der Waals surface area contributed by atoms with Gasteiger partial charge in [-0.1, -0.05) is 0 Å². The second-order valence-corrected chi connectivity index (χ2v) is 6.55. The second-order valence-electron chi connectivity index (χ2n) is 4.15. The van der Waals surface area contributed by atoms with Gasteiger partial charge in [-0.05, 0) is 24.3 Å². The zero-order valence-corrected chi connectivity index (χ0v) is 10.2. The molecule has 6 heteroatoms. The number of hydrogen-bond donors (Lipinski definition) is 1. The van der Waals surface area contributed by atoms with Gasteiger partial charge in [0.05, 0.1) is 11.0 Å². The first-order valence-corrected chi connectivity index (χ1v) is 7.16. The van der Waals surface area contributed by atoms with Crippen LogP contribution in [-0.2, 0) is 9.84 Å². The van der Waals surface area contributed by atoms with E-state index >= 15 is 0 Å². The van der Waals surface area contributed by atoms with E-state index in [0.717, 1.165) is 5.69 Å². The van der Waals surface area contributed by atoms with E-state index in [1.54, 1.807) is 12.1 Å². The van der Waals surface area contributed by atoms with Crippen molar-refractivity contribution in [3.8, 4) is 0 Å². The molecular weight excluding hydrogens is 243 g/mol. The molecule has 2 rings (SSSR count). The molecule has 2 N–H and O–H groups in total. The fourth-order valence-electron chi connectivity index (χ4n) is 1.96. The van der Waals surface area contributed by atoms with Crippen LogP contribution < -0.4 is 10.6 Å². The summed E-state index contributed by atoms with van der Waals surface area (Å²) < 4.78 is 36.1. The van der Waals surface area contributed by atoms with Crippen molar-refractivity contribution >= 4 is 15.5 Å². The van der Waals surface area contributed by atoms with Crippen LogP contribution in [0.4, 0.5) is 10.1 Å². The Balaban J connectivity index is 2.17. The van der Waals surface area contributed by atoms with Crippen LogP contribution in [0.2, 0.25) is 0 Å². The van der Waals surface area contributed by atoms with E-state index in [1.807, 2.05) is 4.90 Å². The van der Waals surface area contributed by atoms with Gasteiger partial charge in [-0.15, -0.1) is 0 Å². The molecule has 1 aromatic rings. The summed E-state index contributed by atoms with van der Waals surface area (Å²) in [6.07, 6.45) is 0. The lowest BCUT2D eigenvalue weighted by atomic mass is 10.2. The van der Waals surface area contributed by atoms with Crippen LogP contribution in [0.3, 0.4) is 0 Å². The van der Waals surface area contributed by atoms with E-state index in [1.165, 1.54) is 12.1 Å². The minimum Gasteiger partial charge on any atom is -0.369 e. The molecule has 1 atom stereocenters. The van der Waals surface area contributed by atoms with Crippen molar-refractivity contribution in [3.63, 3.8) is 0 Å². The van der Waals surface area contributed by atoms with E-state index in [-0.39, 0.29) is 18.1 Å². The first kappa shape index (κ1) is 12.3. The molecule has 1 unspecified atom stereocenters. The Hall–Kier alpha value is -1.14. The molecule has 1 saturated heterocycles. The summed E-state index contributed by atoms with van der Waals surface area (Å²) in [7, 11) is -3.06. The number of sulfone groups is 1. The SMILES string of the molecule is NCC1CN(c2ccc(F)cc2)CCS1(=O)=O. The lowest BCUT2D eigenvalue weighted by Crippen LogP contribution is -2.50. The van der Waals surface area contributed by atoms with E-state index < -0.39 is 15.1 Å². The molecule has 1 heterocycles. The van der Waals surface area contributed by atoms with Crippen LogP contribution in [0, 0.1) is 5.82 Å². The number of nitrogens with zero attached hydrogens (tertiary/aromatic N) is 1. The molecule has 0 amide bonds. The molecule has 1 aliphatic rings. The van der Waals surface area contributed by atoms with Gasteiger partial charge in [0.2, 0.25) is 0 Å². The average Bonchev–Trinajstić information content (AvgIpc) is 2.30. The molecule has 1 aromatic carbocycles. The lowest BCUT2D eigenvalue weighted by molar-refractivity contribution is 0.563. The third kappa shape index (κ3) is 2.58. The third-order valence-electron chi connectivity index (χ3n) is 3.03. The monoisotopic (exact) mass is 258 g/mol. The highest BCUT2D eigenvalue weighted by molar-refractivity contribution is 7.92. The molecule has 17 heavy (non-hydrogen) atoms. The van der Waals surface area contributed by atoms with E-state index in [0.29, 0.717) is 13.1 Å². The van der Waals surface area contributed by atoms with Crippen molar-refractivity contribution < 1.29 is 12.8 Å². The summed E-state index contributed by atoms with van der Waals surface area (Å²) in [4.78, 5) is 1.93. The van der Waals surface area contributed by atoms with E-state index in [2.05, 4.69) is 0 Å². The van der Waals surface area contributed by atoms with Crippen LogP contribution in [-0.4, -0.2) is 39.1 Å². The van der Waals surface area contributed by atoms with Crippen LogP contribution in [0.15, 0.2) is 24.3 Å².